The molecule has 0 saturated heterocycles. The first-order valence-electron chi connectivity index (χ1n) is 7.46. The SMILES string of the molecule is Cc1cccc(CCC(=O)Nc2ccc(OCCN)cc2)c1.Cl. The van der Waals surface area contributed by atoms with Crippen LogP contribution < -0.4 is 15.8 Å². The van der Waals surface area contributed by atoms with Crippen molar-refractivity contribution in [3.05, 3.63) is 59.7 Å². The van der Waals surface area contributed by atoms with Crippen molar-refractivity contribution in [2.24, 2.45) is 5.73 Å². The lowest BCUT2D eigenvalue weighted by Crippen LogP contribution is -2.12. The molecule has 2 aromatic carbocycles. The third kappa shape index (κ3) is 6.72. The van der Waals surface area contributed by atoms with Gasteiger partial charge in [-0.15, -0.1) is 12.4 Å². The molecule has 0 aliphatic rings. The van der Waals surface area contributed by atoms with E-state index in [0.29, 0.717) is 19.6 Å². The lowest BCUT2D eigenvalue weighted by atomic mass is 10.1. The summed E-state index contributed by atoms with van der Waals surface area (Å²) in [6, 6.07) is 15.5. The molecule has 0 atom stereocenters. The van der Waals surface area contributed by atoms with Gasteiger partial charge in [-0.3, -0.25) is 4.79 Å². The molecule has 2 aromatic rings. The van der Waals surface area contributed by atoms with Gasteiger partial charge in [-0.05, 0) is 43.2 Å². The fourth-order valence-corrected chi connectivity index (χ4v) is 2.16. The van der Waals surface area contributed by atoms with Crippen molar-refractivity contribution in [3.63, 3.8) is 0 Å². The molecule has 5 heteroatoms. The Morgan fingerprint density at radius 1 is 1.17 bits per heavy atom. The Morgan fingerprint density at radius 2 is 1.91 bits per heavy atom. The number of carbonyl (C=O) groups is 1. The van der Waals surface area contributed by atoms with Crippen molar-refractivity contribution in [3.8, 4) is 5.75 Å². The van der Waals surface area contributed by atoms with E-state index in [1.807, 2.05) is 36.4 Å². The topological polar surface area (TPSA) is 64.3 Å². The summed E-state index contributed by atoms with van der Waals surface area (Å²) in [5, 5.41) is 2.89. The van der Waals surface area contributed by atoms with Gasteiger partial charge in [0.25, 0.3) is 0 Å². The molecule has 0 radical (unpaired) electrons. The average Bonchev–Trinajstić information content (AvgIpc) is 2.52. The van der Waals surface area contributed by atoms with Gasteiger partial charge in [0.05, 0.1) is 0 Å². The van der Waals surface area contributed by atoms with E-state index in [9.17, 15) is 4.79 Å². The molecule has 0 fully saturated rings. The second kappa shape index (κ2) is 9.87. The van der Waals surface area contributed by atoms with Crippen molar-refractivity contribution in [2.45, 2.75) is 19.8 Å². The van der Waals surface area contributed by atoms with Gasteiger partial charge in [-0.25, -0.2) is 0 Å². The number of halogens is 1. The van der Waals surface area contributed by atoms with E-state index in [1.54, 1.807) is 0 Å². The predicted molar refractivity (Wildman–Crippen MR) is 96.4 cm³/mol. The number of ether oxygens (including phenoxy) is 1. The van der Waals surface area contributed by atoms with Crippen LogP contribution in [0.3, 0.4) is 0 Å². The van der Waals surface area contributed by atoms with E-state index >= 15 is 0 Å². The molecule has 23 heavy (non-hydrogen) atoms. The van der Waals surface area contributed by atoms with Gasteiger partial charge in [-0.2, -0.15) is 0 Å². The Balaban J connectivity index is 0.00000264. The van der Waals surface area contributed by atoms with Crippen LogP contribution in [0.5, 0.6) is 5.75 Å². The largest absolute Gasteiger partial charge is 0.492 e. The highest BCUT2D eigenvalue weighted by Gasteiger charge is 2.04. The van der Waals surface area contributed by atoms with E-state index < -0.39 is 0 Å². The molecule has 0 bridgehead atoms. The fourth-order valence-electron chi connectivity index (χ4n) is 2.16. The molecule has 0 heterocycles. The van der Waals surface area contributed by atoms with Crippen LogP contribution in [0.2, 0.25) is 0 Å². The van der Waals surface area contributed by atoms with E-state index in [-0.39, 0.29) is 18.3 Å². The lowest BCUT2D eigenvalue weighted by molar-refractivity contribution is -0.116. The van der Waals surface area contributed by atoms with Crippen LogP contribution in [0.4, 0.5) is 5.69 Å². The number of hydrogen-bond acceptors (Lipinski definition) is 3. The summed E-state index contributed by atoms with van der Waals surface area (Å²) in [6.45, 7) is 3.03. The van der Waals surface area contributed by atoms with Crippen molar-refractivity contribution in [1.82, 2.24) is 0 Å². The van der Waals surface area contributed by atoms with Crippen LogP contribution in [0.15, 0.2) is 48.5 Å². The number of hydrogen-bond donors (Lipinski definition) is 2. The second-order valence-electron chi connectivity index (χ2n) is 5.20. The maximum absolute atomic E-state index is 12.0. The van der Waals surface area contributed by atoms with Crippen molar-refractivity contribution in [2.75, 3.05) is 18.5 Å². The molecule has 0 unspecified atom stereocenters. The minimum Gasteiger partial charge on any atom is -0.492 e. The Kier molecular flexibility index (Phi) is 8.16. The fraction of sp³-hybridized carbons (Fsp3) is 0.278. The van der Waals surface area contributed by atoms with E-state index in [1.165, 1.54) is 11.1 Å². The smallest absolute Gasteiger partial charge is 0.224 e. The van der Waals surface area contributed by atoms with Crippen LogP contribution in [0, 0.1) is 6.92 Å². The highest BCUT2D eigenvalue weighted by atomic mass is 35.5. The van der Waals surface area contributed by atoms with Crippen LogP contribution in [0.25, 0.3) is 0 Å². The summed E-state index contributed by atoms with van der Waals surface area (Å²) in [7, 11) is 0. The zero-order valence-electron chi connectivity index (χ0n) is 13.2. The minimum absolute atomic E-state index is 0. The number of rotatable bonds is 7. The van der Waals surface area contributed by atoms with Crippen molar-refractivity contribution >= 4 is 24.0 Å². The van der Waals surface area contributed by atoms with Gasteiger partial charge >= 0.3 is 0 Å². The highest BCUT2D eigenvalue weighted by molar-refractivity contribution is 5.90. The summed E-state index contributed by atoms with van der Waals surface area (Å²) >= 11 is 0. The summed E-state index contributed by atoms with van der Waals surface area (Å²) in [4.78, 5) is 12.0. The Morgan fingerprint density at radius 3 is 2.57 bits per heavy atom. The molecule has 1 amide bonds. The maximum atomic E-state index is 12.0. The van der Waals surface area contributed by atoms with Crippen molar-refractivity contribution < 1.29 is 9.53 Å². The van der Waals surface area contributed by atoms with Gasteiger partial charge in [0.15, 0.2) is 0 Å². The standard InChI is InChI=1S/C18H22N2O2.ClH/c1-14-3-2-4-15(13-14)5-10-18(21)20-16-6-8-17(9-7-16)22-12-11-19;/h2-4,6-9,13H,5,10-12,19H2,1H3,(H,20,21);1H. The Bertz CT molecular complexity index is 615. The molecule has 0 spiro atoms. The summed E-state index contributed by atoms with van der Waals surface area (Å²) < 4.78 is 5.39. The molecule has 0 saturated carbocycles. The Hall–Kier alpha value is -2.04. The van der Waals surface area contributed by atoms with Crippen molar-refractivity contribution in [1.29, 1.82) is 0 Å². The molecule has 0 aliphatic heterocycles. The first kappa shape index (κ1) is 19.0. The molecular weight excluding hydrogens is 312 g/mol. The van der Waals surface area contributed by atoms with E-state index in [2.05, 4.69) is 24.4 Å². The highest BCUT2D eigenvalue weighted by Crippen LogP contribution is 2.16. The first-order chi connectivity index (χ1) is 10.7. The van der Waals surface area contributed by atoms with Gasteiger partial charge in [-0.1, -0.05) is 29.8 Å². The number of aryl methyl sites for hydroxylation is 2. The second-order valence-corrected chi connectivity index (χ2v) is 5.20. The molecule has 0 aromatic heterocycles. The number of nitrogens with two attached hydrogens (primary N) is 1. The molecule has 124 valence electrons. The summed E-state index contributed by atoms with van der Waals surface area (Å²) in [5.74, 6) is 0.764. The third-order valence-corrected chi connectivity index (χ3v) is 3.25. The minimum atomic E-state index is 0. The van der Waals surface area contributed by atoms with Crippen LogP contribution in [0.1, 0.15) is 17.5 Å². The van der Waals surface area contributed by atoms with Gasteiger partial charge in [0, 0.05) is 18.7 Å². The third-order valence-electron chi connectivity index (χ3n) is 3.25. The molecule has 0 aliphatic carbocycles. The summed E-state index contributed by atoms with van der Waals surface area (Å²) in [5.41, 5.74) is 8.55. The van der Waals surface area contributed by atoms with Gasteiger partial charge in [0.1, 0.15) is 12.4 Å². The number of benzene rings is 2. The number of carbonyl (C=O) groups excluding carboxylic acids is 1. The molecule has 2 rings (SSSR count). The molecule has 3 N–H and O–H groups in total. The predicted octanol–water partition coefficient (Wildman–Crippen LogP) is 3.33. The van der Waals surface area contributed by atoms with Crippen LogP contribution in [-0.4, -0.2) is 19.1 Å². The number of amides is 1. The summed E-state index contributed by atoms with van der Waals surface area (Å²) in [6.07, 6.45) is 1.21. The van der Waals surface area contributed by atoms with Crippen LogP contribution in [-0.2, 0) is 11.2 Å². The zero-order chi connectivity index (χ0) is 15.8. The molecule has 4 nitrogen and oxygen atoms in total. The number of nitrogens with one attached hydrogen (secondary N) is 1. The van der Waals surface area contributed by atoms with Crippen LogP contribution >= 0.6 is 12.4 Å². The monoisotopic (exact) mass is 334 g/mol. The lowest BCUT2D eigenvalue weighted by Gasteiger charge is -2.08. The first-order valence-corrected chi connectivity index (χ1v) is 7.46. The number of anilines is 1. The van der Waals surface area contributed by atoms with Gasteiger partial charge < -0.3 is 15.8 Å². The zero-order valence-corrected chi connectivity index (χ0v) is 14.1. The normalized spacial score (nSPS) is 9.83. The maximum Gasteiger partial charge on any atom is 0.224 e. The Labute approximate surface area is 143 Å². The average molecular weight is 335 g/mol. The quantitative estimate of drug-likeness (QED) is 0.816. The van der Waals surface area contributed by atoms with E-state index in [0.717, 1.165) is 17.9 Å². The van der Waals surface area contributed by atoms with E-state index in [4.69, 9.17) is 10.5 Å². The van der Waals surface area contributed by atoms with Gasteiger partial charge in [0.2, 0.25) is 5.91 Å². The molecular formula is C18H23ClN2O2.